The number of carbonyl (C=O) groups excluding carboxylic acids is 1. The minimum Gasteiger partial charge on any atom is -0.357 e. The average molecular weight is 399 g/mol. The molecule has 9 heteroatoms. The van der Waals surface area contributed by atoms with Gasteiger partial charge in [0.2, 0.25) is 0 Å². The van der Waals surface area contributed by atoms with Crippen molar-refractivity contribution in [3.8, 4) is 0 Å². The van der Waals surface area contributed by atoms with Crippen molar-refractivity contribution in [2.75, 3.05) is 0 Å². The SMILES string of the molecule is CCn1nc(C(=O)NNC(=S)NCc2ccc(F)cc2)c2ccccc2c1=O. The fourth-order valence-electron chi connectivity index (χ4n) is 2.62. The van der Waals surface area contributed by atoms with Gasteiger partial charge in [-0.3, -0.25) is 20.4 Å². The molecule has 28 heavy (non-hydrogen) atoms. The Morgan fingerprint density at radius 1 is 1.11 bits per heavy atom. The van der Waals surface area contributed by atoms with E-state index in [1.807, 2.05) is 0 Å². The fourth-order valence-corrected chi connectivity index (χ4v) is 2.74. The lowest BCUT2D eigenvalue weighted by Crippen LogP contribution is -2.47. The molecule has 1 amide bonds. The highest BCUT2D eigenvalue weighted by Crippen LogP contribution is 2.13. The third-order valence-electron chi connectivity index (χ3n) is 4.04. The van der Waals surface area contributed by atoms with Gasteiger partial charge in [0.1, 0.15) is 5.82 Å². The van der Waals surface area contributed by atoms with Crippen molar-refractivity contribution < 1.29 is 9.18 Å². The monoisotopic (exact) mass is 399 g/mol. The number of aryl methyl sites for hydroxylation is 1. The largest absolute Gasteiger partial charge is 0.357 e. The summed E-state index contributed by atoms with van der Waals surface area (Å²) < 4.78 is 14.2. The minimum absolute atomic E-state index is 0.117. The number of nitrogens with one attached hydrogen (secondary N) is 3. The summed E-state index contributed by atoms with van der Waals surface area (Å²) in [5.41, 5.74) is 5.77. The number of thiocarbonyl (C=S) groups is 1. The molecule has 144 valence electrons. The van der Waals surface area contributed by atoms with Crippen LogP contribution in [0.1, 0.15) is 23.0 Å². The predicted molar refractivity (Wildman–Crippen MR) is 108 cm³/mol. The van der Waals surface area contributed by atoms with Crippen LogP contribution in [-0.4, -0.2) is 20.8 Å². The third kappa shape index (κ3) is 4.32. The minimum atomic E-state index is -0.524. The van der Waals surface area contributed by atoms with Crippen LogP contribution in [0.4, 0.5) is 4.39 Å². The Bertz CT molecular complexity index is 1080. The Labute approximate surface area is 165 Å². The van der Waals surface area contributed by atoms with E-state index in [1.165, 1.54) is 16.8 Å². The lowest BCUT2D eigenvalue weighted by atomic mass is 10.1. The number of hydrazine groups is 1. The molecule has 7 nitrogen and oxygen atoms in total. The lowest BCUT2D eigenvalue weighted by Gasteiger charge is -2.13. The van der Waals surface area contributed by atoms with Crippen LogP contribution in [0.5, 0.6) is 0 Å². The van der Waals surface area contributed by atoms with Gasteiger partial charge in [-0.25, -0.2) is 9.07 Å². The molecule has 3 rings (SSSR count). The Morgan fingerprint density at radius 2 is 1.79 bits per heavy atom. The smallest absolute Gasteiger partial charge is 0.290 e. The number of carbonyl (C=O) groups is 1. The highest BCUT2D eigenvalue weighted by Gasteiger charge is 2.16. The van der Waals surface area contributed by atoms with Gasteiger partial charge in [-0.2, -0.15) is 5.10 Å². The average Bonchev–Trinajstić information content (AvgIpc) is 2.72. The maximum Gasteiger partial charge on any atom is 0.290 e. The number of fused-ring (bicyclic) bond motifs is 1. The third-order valence-corrected chi connectivity index (χ3v) is 4.28. The van der Waals surface area contributed by atoms with Gasteiger partial charge in [0.25, 0.3) is 11.5 Å². The molecule has 0 fully saturated rings. The number of rotatable bonds is 4. The summed E-state index contributed by atoms with van der Waals surface area (Å²) in [6.45, 7) is 2.48. The number of nitrogens with zero attached hydrogens (tertiary/aromatic N) is 2. The van der Waals surface area contributed by atoms with E-state index in [-0.39, 0.29) is 22.2 Å². The Morgan fingerprint density at radius 3 is 2.46 bits per heavy atom. The molecule has 0 aliphatic carbocycles. The van der Waals surface area contributed by atoms with Crippen LogP contribution in [0.3, 0.4) is 0 Å². The molecular weight excluding hydrogens is 381 g/mol. The van der Waals surface area contributed by atoms with Gasteiger partial charge in [0, 0.05) is 18.5 Å². The van der Waals surface area contributed by atoms with Crippen LogP contribution in [0.2, 0.25) is 0 Å². The molecule has 1 aromatic heterocycles. The van der Waals surface area contributed by atoms with Gasteiger partial charge in [0.05, 0.1) is 5.39 Å². The van der Waals surface area contributed by atoms with E-state index in [1.54, 1.807) is 43.3 Å². The van der Waals surface area contributed by atoms with Gasteiger partial charge < -0.3 is 5.32 Å². The summed E-state index contributed by atoms with van der Waals surface area (Å²) in [5.74, 6) is -0.839. The zero-order valence-electron chi connectivity index (χ0n) is 15.0. The van der Waals surface area contributed by atoms with E-state index in [2.05, 4.69) is 21.3 Å². The van der Waals surface area contributed by atoms with E-state index in [4.69, 9.17) is 12.2 Å². The summed E-state index contributed by atoms with van der Waals surface area (Å²) >= 11 is 5.13. The molecule has 0 aliphatic rings. The quantitative estimate of drug-likeness (QED) is 0.459. The molecule has 0 bridgehead atoms. The first-order chi connectivity index (χ1) is 13.5. The molecule has 0 unspecified atom stereocenters. The maximum absolute atomic E-state index is 12.9. The molecule has 1 heterocycles. The standard InChI is InChI=1S/C19H18FN5O2S/c1-2-25-18(27)15-6-4-3-5-14(15)16(24-25)17(26)22-23-19(28)21-11-12-7-9-13(20)10-8-12/h3-10H,2,11H2,1H3,(H,22,26)(H2,21,23,28). The summed E-state index contributed by atoms with van der Waals surface area (Å²) in [5, 5.41) is 8.12. The molecule has 0 saturated carbocycles. The van der Waals surface area contributed by atoms with Crippen molar-refractivity contribution in [1.29, 1.82) is 0 Å². The Kier molecular flexibility index (Phi) is 5.95. The highest BCUT2D eigenvalue weighted by molar-refractivity contribution is 7.80. The molecule has 0 spiro atoms. The topological polar surface area (TPSA) is 88.1 Å². The molecule has 0 saturated heterocycles. The Balaban J connectivity index is 1.68. The molecule has 3 aromatic rings. The van der Waals surface area contributed by atoms with Gasteiger partial charge in [0.15, 0.2) is 10.8 Å². The van der Waals surface area contributed by atoms with Crippen LogP contribution in [0, 0.1) is 5.82 Å². The van der Waals surface area contributed by atoms with Gasteiger partial charge in [-0.05, 0) is 42.9 Å². The van der Waals surface area contributed by atoms with Crippen molar-refractivity contribution in [3.05, 3.63) is 76.0 Å². The summed E-state index contributed by atoms with van der Waals surface area (Å²) in [4.78, 5) is 24.9. The molecule has 2 aromatic carbocycles. The van der Waals surface area contributed by atoms with E-state index < -0.39 is 5.91 Å². The fraction of sp³-hybridized carbons (Fsp3) is 0.158. The second kappa shape index (κ2) is 8.57. The van der Waals surface area contributed by atoms with Gasteiger partial charge in [-0.1, -0.05) is 30.3 Å². The van der Waals surface area contributed by atoms with Crippen LogP contribution in [0.15, 0.2) is 53.3 Å². The second-order valence-corrected chi connectivity index (χ2v) is 6.31. The summed E-state index contributed by atoms with van der Waals surface area (Å²) in [6.07, 6.45) is 0. The van der Waals surface area contributed by atoms with E-state index in [9.17, 15) is 14.0 Å². The first-order valence-corrected chi connectivity index (χ1v) is 8.99. The predicted octanol–water partition coefficient (Wildman–Crippen LogP) is 1.86. The van der Waals surface area contributed by atoms with Crippen LogP contribution >= 0.6 is 12.2 Å². The van der Waals surface area contributed by atoms with Gasteiger partial charge >= 0.3 is 0 Å². The van der Waals surface area contributed by atoms with Crippen LogP contribution < -0.4 is 21.7 Å². The van der Waals surface area contributed by atoms with Crippen molar-refractivity contribution in [2.45, 2.75) is 20.0 Å². The van der Waals surface area contributed by atoms with Crippen LogP contribution in [-0.2, 0) is 13.1 Å². The zero-order chi connectivity index (χ0) is 20.1. The number of benzene rings is 2. The van der Waals surface area contributed by atoms with E-state index in [0.717, 1.165) is 5.56 Å². The molecule has 0 radical (unpaired) electrons. The summed E-state index contributed by atoms with van der Waals surface area (Å²) in [6, 6.07) is 12.8. The normalized spacial score (nSPS) is 10.5. The van der Waals surface area contributed by atoms with E-state index >= 15 is 0 Å². The Hall–Kier alpha value is -3.33. The zero-order valence-corrected chi connectivity index (χ0v) is 15.8. The number of halogens is 1. The first kappa shape index (κ1) is 19.4. The van der Waals surface area contributed by atoms with Gasteiger partial charge in [-0.15, -0.1) is 0 Å². The van der Waals surface area contributed by atoms with Crippen molar-refractivity contribution in [3.63, 3.8) is 0 Å². The van der Waals surface area contributed by atoms with Crippen molar-refractivity contribution in [2.24, 2.45) is 0 Å². The molecule has 3 N–H and O–H groups in total. The van der Waals surface area contributed by atoms with Crippen LogP contribution in [0.25, 0.3) is 10.8 Å². The van der Waals surface area contributed by atoms with Crippen molar-refractivity contribution in [1.82, 2.24) is 25.9 Å². The number of aromatic nitrogens is 2. The molecule has 0 atom stereocenters. The second-order valence-electron chi connectivity index (χ2n) is 5.90. The number of hydrogen-bond acceptors (Lipinski definition) is 4. The highest BCUT2D eigenvalue weighted by atomic mass is 32.1. The van der Waals surface area contributed by atoms with Crippen molar-refractivity contribution >= 4 is 34.0 Å². The molecule has 0 aliphatic heterocycles. The lowest BCUT2D eigenvalue weighted by molar-refractivity contribution is 0.0938. The molecular formula is C19H18FN5O2S. The number of hydrogen-bond donors (Lipinski definition) is 3. The number of amides is 1. The van der Waals surface area contributed by atoms with E-state index in [0.29, 0.717) is 23.9 Å². The summed E-state index contributed by atoms with van der Waals surface area (Å²) in [7, 11) is 0. The first-order valence-electron chi connectivity index (χ1n) is 8.58. The maximum atomic E-state index is 12.9.